The van der Waals surface area contributed by atoms with Crippen LogP contribution >= 0.6 is 15.9 Å². The number of carbonyl (C=O) groups is 1. The Balaban J connectivity index is 1.44. The van der Waals surface area contributed by atoms with E-state index in [1.165, 1.54) is 6.07 Å². The zero-order valence-electron chi connectivity index (χ0n) is 18.4. The maximum Gasteiger partial charge on any atom is 0.226 e. The minimum absolute atomic E-state index is 0.0197. The van der Waals surface area contributed by atoms with Crippen molar-refractivity contribution in [2.45, 2.75) is 32.2 Å². The van der Waals surface area contributed by atoms with Gasteiger partial charge in [-0.15, -0.1) is 0 Å². The van der Waals surface area contributed by atoms with Crippen molar-refractivity contribution in [1.29, 1.82) is 0 Å². The first-order chi connectivity index (χ1) is 16.4. The average Bonchev–Trinajstić information content (AvgIpc) is 3.37. The van der Waals surface area contributed by atoms with Crippen molar-refractivity contribution >= 4 is 49.7 Å². The summed E-state index contributed by atoms with van der Waals surface area (Å²) in [6.07, 6.45) is 5.35. The lowest BCUT2D eigenvalue weighted by Gasteiger charge is -2.23. The second-order valence-electron chi connectivity index (χ2n) is 8.76. The number of hydrogen-bond donors (Lipinski definition) is 3. The fraction of sp³-hybridized carbons (Fsp3) is 0.348. The van der Waals surface area contributed by atoms with Crippen LogP contribution in [-0.4, -0.2) is 54.9 Å². The number of nitrogens with one attached hydrogen (secondary N) is 2. The van der Waals surface area contributed by atoms with Gasteiger partial charge < -0.3 is 15.7 Å². The maximum absolute atomic E-state index is 14.7. The van der Waals surface area contributed by atoms with Gasteiger partial charge >= 0.3 is 0 Å². The molecule has 11 heteroatoms. The second-order valence-corrected chi connectivity index (χ2v) is 9.51. The van der Waals surface area contributed by atoms with Crippen molar-refractivity contribution in [3.63, 3.8) is 0 Å². The van der Waals surface area contributed by atoms with E-state index in [2.05, 4.69) is 46.6 Å². The van der Waals surface area contributed by atoms with Crippen LogP contribution < -0.4 is 10.6 Å². The molecule has 34 heavy (non-hydrogen) atoms. The molecule has 3 aromatic heterocycles. The molecule has 1 saturated carbocycles. The molecule has 2 atom stereocenters. The number of rotatable bonds is 6. The highest BCUT2D eigenvalue weighted by Crippen LogP contribution is 2.39. The molecule has 176 valence electrons. The minimum atomic E-state index is -0.515. The first kappa shape index (κ1) is 22.6. The Kier molecular flexibility index (Phi) is 5.90. The van der Waals surface area contributed by atoms with Gasteiger partial charge in [0.2, 0.25) is 11.9 Å². The van der Waals surface area contributed by atoms with Gasteiger partial charge in [0.1, 0.15) is 10.1 Å². The van der Waals surface area contributed by atoms with Crippen molar-refractivity contribution in [3.05, 3.63) is 47.1 Å². The Bertz CT molecular complexity index is 1390. The summed E-state index contributed by atoms with van der Waals surface area (Å²) in [4.78, 5) is 25.7. The molecule has 3 N–H and O–H groups in total. The van der Waals surface area contributed by atoms with E-state index >= 15 is 0 Å². The van der Waals surface area contributed by atoms with Crippen molar-refractivity contribution in [1.82, 2.24) is 30.0 Å². The number of fused-ring (bicyclic) bond motifs is 2. The molecule has 1 fully saturated rings. The Morgan fingerprint density at radius 1 is 1.38 bits per heavy atom. The highest BCUT2D eigenvalue weighted by atomic mass is 79.9. The number of aliphatic hydroxyl groups excluding tert-OH is 1. The molecule has 1 aliphatic rings. The van der Waals surface area contributed by atoms with Crippen molar-refractivity contribution in [2.24, 2.45) is 5.41 Å². The molecule has 0 saturated heterocycles. The van der Waals surface area contributed by atoms with Gasteiger partial charge in [0.25, 0.3) is 0 Å². The van der Waals surface area contributed by atoms with Gasteiger partial charge in [0.05, 0.1) is 17.7 Å². The topological polar surface area (TPSA) is 118 Å². The summed E-state index contributed by atoms with van der Waals surface area (Å²) in [6.45, 7) is 2.09. The summed E-state index contributed by atoms with van der Waals surface area (Å²) in [5.41, 5.74) is 0.824. The summed E-state index contributed by atoms with van der Waals surface area (Å²) >= 11 is 3.45. The van der Waals surface area contributed by atoms with Crippen LogP contribution in [-0.2, 0) is 4.79 Å². The first-order valence-corrected chi connectivity index (χ1v) is 11.8. The van der Waals surface area contributed by atoms with E-state index in [-0.39, 0.29) is 25.1 Å². The fourth-order valence-corrected chi connectivity index (χ4v) is 4.95. The molecule has 0 aliphatic heterocycles. The summed E-state index contributed by atoms with van der Waals surface area (Å²) in [7, 11) is 0. The number of hydrogen-bond acceptors (Lipinski definition) is 7. The van der Waals surface area contributed by atoms with Crippen LogP contribution in [0.3, 0.4) is 0 Å². The molecule has 0 bridgehead atoms. The van der Waals surface area contributed by atoms with Crippen LogP contribution in [0.25, 0.3) is 27.6 Å². The number of aromatic nitrogens is 5. The zero-order valence-corrected chi connectivity index (χ0v) is 20.0. The van der Waals surface area contributed by atoms with Gasteiger partial charge in [-0.05, 0) is 47.3 Å². The maximum atomic E-state index is 14.7. The van der Waals surface area contributed by atoms with Crippen molar-refractivity contribution < 1.29 is 14.3 Å². The Morgan fingerprint density at radius 2 is 2.24 bits per heavy atom. The summed E-state index contributed by atoms with van der Waals surface area (Å²) in [6, 6.07) is 6.77. The lowest BCUT2D eigenvalue weighted by molar-refractivity contribution is -0.130. The van der Waals surface area contributed by atoms with E-state index in [0.717, 1.165) is 12.8 Å². The van der Waals surface area contributed by atoms with Gasteiger partial charge in [-0.25, -0.2) is 14.1 Å². The van der Waals surface area contributed by atoms with E-state index in [1.807, 2.05) is 13.0 Å². The fourth-order valence-electron chi connectivity index (χ4n) is 4.51. The van der Waals surface area contributed by atoms with E-state index in [9.17, 15) is 9.18 Å². The Morgan fingerprint density at radius 3 is 3.06 bits per heavy atom. The number of aliphatic hydroxyl groups is 1. The number of halogens is 2. The first-order valence-electron chi connectivity index (χ1n) is 11.0. The van der Waals surface area contributed by atoms with Crippen molar-refractivity contribution in [3.8, 4) is 5.69 Å². The van der Waals surface area contributed by atoms with Crippen LogP contribution in [0.1, 0.15) is 26.2 Å². The Hall–Kier alpha value is -3.18. The second kappa shape index (κ2) is 8.88. The molecule has 1 aliphatic carbocycles. The molecular formula is C23H23BrFN7O2. The van der Waals surface area contributed by atoms with Crippen LogP contribution in [0.4, 0.5) is 10.3 Å². The molecular weight excluding hydrogens is 505 g/mol. The number of anilines is 1. The number of amides is 1. The zero-order chi connectivity index (χ0) is 23.9. The highest BCUT2D eigenvalue weighted by Gasteiger charge is 2.41. The third-order valence-electron chi connectivity index (χ3n) is 6.29. The van der Waals surface area contributed by atoms with Crippen molar-refractivity contribution in [2.75, 3.05) is 18.5 Å². The quantitative estimate of drug-likeness (QED) is 0.352. The standard InChI is InChI=1S/C23H23BrFN7O2/c1-23(21(34)27-7-8-33)5-4-14(11-23)29-22-28-12-16-19(24)31-32(20(16)30-22)15-9-13-3-2-6-26-18(13)17(25)10-15/h2-3,6,9-10,12,14,33H,4-5,7-8,11H2,1H3,(H,27,34)(H,28,29,30)/t14-,23+/m1/s1. The largest absolute Gasteiger partial charge is 0.395 e. The van der Waals surface area contributed by atoms with Gasteiger partial charge in [-0.1, -0.05) is 13.0 Å². The van der Waals surface area contributed by atoms with Gasteiger partial charge in [-0.3, -0.25) is 9.78 Å². The Labute approximate surface area is 202 Å². The molecule has 0 radical (unpaired) electrons. The van der Waals surface area contributed by atoms with E-state index in [1.54, 1.807) is 29.2 Å². The third-order valence-corrected chi connectivity index (χ3v) is 6.87. The van der Waals surface area contributed by atoms with Crippen LogP contribution in [0.2, 0.25) is 0 Å². The summed E-state index contributed by atoms with van der Waals surface area (Å²) in [5, 5.41) is 20.9. The predicted octanol–water partition coefficient (Wildman–Crippen LogP) is 3.34. The van der Waals surface area contributed by atoms with Gasteiger partial charge in [0.15, 0.2) is 11.5 Å². The van der Waals surface area contributed by atoms with E-state index < -0.39 is 11.2 Å². The molecule has 3 heterocycles. The molecule has 0 unspecified atom stereocenters. The summed E-state index contributed by atoms with van der Waals surface area (Å²) < 4.78 is 16.8. The van der Waals surface area contributed by atoms with Crippen LogP contribution in [0, 0.1) is 11.2 Å². The number of carbonyl (C=O) groups excluding carboxylic acids is 1. The minimum Gasteiger partial charge on any atom is -0.395 e. The van der Waals surface area contributed by atoms with Gasteiger partial charge in [0, 0.05) is 41.8 Å². The number of pyridine rings is 1. The SMILES string of the molecule is C[C@]1(C(=O)NCCO)CC[C@@H](Nc2ncc3c(Br)nn(-c4cc(F)c5ncccc5c4)c3n2)C1. The van der Waals surface area contributed by atoms with E-state index in [4.69, 9.17) is 5.11 Å². The molecule has 4 aromatic rings. The monoisotopic (exact) mass is 527 g/mol. The molecule has 9 nitrogen and oxygen atoms in total. The lowest BCUT2D eigenvalue weighted by Crippen LogP contribution is -2.39. The lowest BCUT2D eigenvalue weighted by atomic mass is 9.87. The summed E-state index contributed by atoms with van der Waals surface area (Å²) in [5.74, 6) is -0.0869. The molecule has 5 rings (SSSR count). The smallest absolute Gasteiger partial charge is 0.226 e. The van der Waals surface area contributed by atoms with Crippen LogP contribution in [0.5, 0.6) is 0 Å². The normalized spacial score (nSPS) is 20.2. The molecule has 1 aromatic carbocycles. The average molecular weight is 528 g/mol. The van der Waals surface area contributed by atoms with Gasteiger partial charge in [-0.2, -0.15) is 10.1 Å². The molecule has 0 spiro atoms. The third kappa shape index (κ3) is 4.09. The molecule has 1 amide bonds. The number of nitrogens with zero attached hydrogens (tertiary/aromatic N) is 5. The number of benzene rings is 1. The highest BCUT2D eigenvalue weighted by molar-refractivity contribution is 9.10. The van der Waals surface area contributed by atoms with E-state index in [0.29, 0.717) is 44.6 Å². The van der Waals surface area contributed by atoms with Crippen LogP contribution in [0.15, 0.2) is 41.3 Å². The predicted molar refractivity (Wildman–Crippen MR) is 129 cm³/mol.